The molecule has 0 aliphatic carbocycles. The maximum Gasteiger partial charge on any atom is 0.315 e. The Kier molecular flexibility index (Phi) is 21.7. The van der Waals surface area contributed by atoms with Crippen molar-refractivity contribution in [2.24, 2.45) is 5.41 Å². The van der Waals surface area contributed by atoms with E-state index in [4.69, 9.17) is 18.9 Å². The summed E-state index contributed by atoms with van der Waals surface area (Å²) in [6.07, 6.45) is 7.01. The second kappa shape index (κ2) is 27.1. The average molecular weight is 897 g/mol. The molecule has 8 nitrogen and oxygen atoms in total. The smallest absolute Gasteiger partial charge is 0.315 e. The highest BCUT2D eigenvalue weighted by Crippen LogP contribution is 2.34. The summed E-state index contributed by atoms with van der Waals surface area (Å²) in [5.74, 6) is -2.37. The summed E-state index contributed by atoms with van der Waals surface area (Å²) in [7, 11) is 0. The minimum absolute atomic E-state index is 0.0295. The standard InChI is InChI=1S/C49H52O8S4/c1-5-41(37-21-13-9-14-22-37)58-29-45(50)54-33-49(34-55-46(51)30-59-42(6-2)38-23-15-10-16-24-38,35-56-47(52)31-60-43(7-3)39-25-17-11-18-26-39)36-57-48(53)32-61-44(8-4)40-27-19-12-20-28-40/h5-28,41-44H,1-4,29-36H2. The van der Waals surface area contributed by atoms with Crippen LogP contribution in [0.1, 0.15) is 43.3 Å². The summed E-state index contributed by atoms with van der Waals surface area (Å²) < 4.78 is 23.3. The van der Waals surface area contributed by atoms with E-state index in [9.17, 15) is 19.2 Å². The van der Waals surface area contributed by atoms with Gasteiger partial charge in [-0.15, -0.1) is 73.4 Å². The van der Waals surface area contributed by atoms with Crippen LogP contribution in [-0.4, -0.2) is 73.3 Å². The van der Waals surface area contributed by atoms with Crippen LogP contribution < -0.4 is 0 Å². The lowest BCUT2D eigenvalue weighted by molar-refractivity contribution is -0.167. The average Bonchev–Trinajstić information content (AvgIpc) is 3.30. The van der Waals surface area contributed by atoms with Gasteiger partial charge in [0, 0.05) is 21.0 Å². The molecule has 0 heterocycles. The maximum atomic E-state index is 13.4. The molecule has 4 unspecified atom stereocenters. The van der Waals surface area contributed by atoms with Gasteiger partial charge in [0.25, 0.3) is 0 Å². The summed E-state index contributed by atoms with van der Waals surface area (Å²) in [5.41, 5.74) is 2.46. The van der Waals surface area contributed by atoms with E-state index in [1.807, 2.05) is 121 Å². The fourth-order valence-corrected chi connectivity index (χ4v) is 9.29. The van der Waals surface area contributed by atoms with Crippen molar-refractivity contribution in [3.63, 3.8) is 0 Å². The van der Waals surface area contributed by atoms with Crippen molar-refractivity contribution >= 4 is 70.9 Å². The summed E-state index contributed by atoms with van der Waals surface area (Å²) in [6, 6.07) is 38.6. The molecule has 4 aromatic rings. The number of esters is 4. The predicted octanol–water partition coefficient (Wildman–Crippen LogP) is 10.8. The van der Waals surface area contributed by atoms with Crippen LogP contribution in [0.5, 0.6) is 0 Å². The zero-order chi connectivity index (χ0) is 43.7. The molecular formula is C49H52O8S4. The van der Waals surface area contributed by atoms with Crippen molar-refractivity contribution in [3.05, 3.63) is 194 Å². The highest BCUT2D eigenvalue weighted by atomic mass is 32.2. The van der Waals surface area contributed by atoms with Crippen molar-refractivity contribution in [2.75, 3.05) is 49.4 Å². The molecule has 0 fully saturated rings. The minimum Gasteiger partial charge on any atom is -0.464 e. The van der Waals surface area contributed by atoms with Gasteiger partial charge in [0.1, 0.15) is 31.8 Å². The summed E-state index contributed by atoms with van der Waals surface area (Å²) >= 11 is 5.34. The molecule has 0 saturated carbocycles. The summed E-state index contributed by atoms with van der Waals surface area (Å²) in [4.78, 5) is 53.4. The quantitative estimate of drug-likeness (QED) is 0.0308. The first-order valence-electron chi connectivity index (χ1n) is 19.5. The Morgan fingerprint density at radius 1 is 0.393 bits per heavy atom. The molecule has 320 valence electrons. The van der Waals surface area contributed by atoms with E-state index in [2.05, 4.69) is 26.3 Å². The van der Waals surface area contributed by atoms with E-state index in [0.717, 1.165) is 22.3 Å². The van der Waals surface area contributed by atoms with Gasteiger partial charge in [-0.05, 0) is 22.3 Å². The molecule has 0 amide bonds. The molecule has 4 rings (SSSR count). The van der Waals surface area contributed by atoms with Gasteiger partial charge in [-0.3, -0.25) is 19.2 Å². The molecule has 61 heavy (non-hydrogen) atoms. The first-order valence-corrected chi connectivity index (χ1v) is 23.7. The first-order chi connectivity index (χ1) is 29.7. The summed E-state index contributed by atoms with van der Waals surface area (Å²) in [6.45, 7) is 14.2. The lowest BCUT2D eigenvalue weighted by Crippen LogP contribution is -2.44. The number of hydrogen-bond donors (Lipinski definition) is 0. The molecule has 0 aliphatic rings. The van der Waals surface area contributed by atoms with Crippen LogP contribution >= 0.6 is 47.0 Å². The molecule has 0 aliphatic heterocycles. The van der Waals surface area contributed by atoms with Crippen LogP contribution in [0.25, 0.3) is 0 Å². The Morgan fingerprint density at radius 3 is 0.770 bits per heavy atom. The third-order valence-electron chi connectivity index (χ3n) is 9.05. The molecule has 0 aromatic heterocycles. The van der Waals surface area contributed by atoms with Crippen molar-refractivity contribution in [3.8, 4) is 0 Å². The topological polar surface area (TPSA) is 105 Å². The van der Waals surface area contributed by atoms with Gasteiger partial charge in [-0.2, -0.15) is 0 Å². The van der Waals surface area contributed by atoms with Crippen LogP contribution in [0, 0.1) is 5.41 Å². The minimum atomic E-state index is -1.45. The molecule has 0 spiro atoms. The number of hydrogen-bond acceptors (Lipinski definition) is 12. The second-order valence-electron chi connectivity index (χ2n) is 13.7. The SMILES string of the molecule is C=CC(SCC(=O)OCC(COC(=O)CSC(C=C)c1ccccc1)(COC(=O)CSC(C=C)c1ccccc1)COC(=O)CSC(C=C)c1ccccc1)c1ccccc1. The fourth-order valence-electron chi connectivity index (χ4n) is 5.75. The molecule has 0 N–H and O–H groups in total. The molecule has 0 radical (unpaired) electrons. The van der Waals surface area contributed by atoms with E-state index in [-0.39, 0.29) is 70.4 Å². The highest BCUT2D eigenvalue weighted by Gasteiger charge is 2.38. The normalized spacial score (nSPS) is 13.8. The number of carbonyl (C=O) groups is 4. The fraction of sp³-hybridized carbons (Fsp3) is 0.265. The Balaban J connectivity index is 1.51. The van der Waals surface area contributed by atoms with Crippen molar-refractivity contribution in [2.45, 2.75) is 21.0 Å². The molecule has 4 aromatic carbocycles. The molecular weight excluding hydrogens is 845 g/mol. The molecule has 12 heteroatoms. The lowest BCUT2D eigenvalue weighted by atomic mass is 9.92. The van der Waals surface area contributed by atoms with Gasteiger partial charge < -0.3 is 18.9 Å². The molecule has 0 saturated heterocycles. The van der Waals surface area contributed by atoms with Gasteiger partial charge in [0.15, 0.2) is 0 Å². The van der Waals surface area contributed by atoms with Crippen LogP contribution in [0.4, 0.5) is 0 Å². The lowest BCUT2D eigenvalue weighted by Gasteiger charge is -2.32. The van der Waals surface area contributed by atoms with Gasteiger partial charge in [-0.25, -0.2) is 0 Å². The van der Waals surface area contributed by atoms with Crippen molar-refractivity contribution in [1.82, 2.24) is 0 Å². The monoisotopic (exact) mass is 896 g/mol. The third kappa shape index (κ3) is 17.2. The van der Waals surface area contributed by atoms with E-state index in [0.29, 0.717) is 0 Å². The number of rotatable bonds is 28. The number of thioether (sulfide) groups is 4. The predicted molar refractivity (Wildman–Crippen MR) is 254 cm³/mol. The Hall–Kier alpha value is -4.88. The van der Waals surface area contributed by atoms with Gasteiger partial charge >= 0.3 is 23.9 Å². The number of ether oxygens (including phenoxy) is 4. The van der Waals surface area contributed by atoms with E-state index >= 15 is 0 Å². The third-order valence-corrected chi connectivity index (χ3v) is 14.0. The second-order valence-corrected chi connectivity index (χ2v) is 18.2. The van der Waals surface area contributed by atoms with Crippen LogP contribution in [0.3, 0.4) is 0 Å². The number of benzene rings is 4. The van der Waals surface area contributed by atoms with Gasteiger partial charge in [0.05, 0.1) is 23.0 Å². The largest absolute Gasteiger partial charge is 0.464 e. The maximum absolute atomic E-state index is 13.4. The Labute approximate surface area is 377 Å². The molecule has 4 atom stereocenters. The first kappa shape index (κ1) is 48.8. The van der Waals surface area contributed by atoms with Crippen molar-refractivity contribution < 1.29 is 38.1 Å². The van der Waals surface area contributed by atoms with E-state index in [1.54, 1.807) is 24.3 Å². The van der Waals surface area contributed by atoms with Gasteiger partial charge in [-0.1, -0.05) is 146 Å². The zero-order valence-electron chi connectivity index (χ0n) is 34.1. The van der Waals surface area contributed by atoms with Gasteiger partial charge in [0.2, 0.25) is 0 Å². The summed E-state index contributed by atoms with van der Waals surface area (Å²) in [5, 5.41) is -0.686. The van der Waals surface area contributed by atoms with Crippen molar-refractivity contribution in [1.29, 1.82) is 0 Å². The zero-order valence-corrected chi connectivity index (χ0v) is 37.3. The Bertz CT molecular complexity index is 1700. The van der Waals surface area contributed by atoms with E-state index < -0.39 is 29.3 Å². The Morgan fingerprint density at radius 2 is 0.590 bits per heavy atom. The molecule has 0 bridgehead atoms. The van der Waals surface area contributed by atoms with E-state index in [1.165, 1.54) is 47.0 Å². The van der Waals surface area contributed by atoms with Crippen LogP contribution in [0.2, 0.25) is 0 Å². The number of carbonyl (C=O) groups excluding carboxylic acids is 4. The highest BCUT2D eigenvalue weighted by molar-refractivity contribution is 8.01. The van der Waals surface area contributed by atoms with Crippen LogP contribution in [0.15, 0.2) is 172 Å². The van der Waals surface area contributed by atoms with Crippen LogP contribution in [-0.2, 0) is 38.1 Å².